The van der Waals surface area contributed by atoms with Crippen LogP contribution in [0.25, 0.3) is 0 Å². The minimum Gasteiger partial charge on any atom is -0.494 e. The van der Waals surface area contributed by atoms with Crippen molar-refractivity contribution in [3.05, 3.63) is 135 Å². The Hall–Kier alpha value is -3.31. The maximum Gasteiger partial charge on any atom is 0.221 e. The highest BCUT2D eigenvalue weighted by molar-refractivity contribution is 6.42. The molecule has 4 nitrogen and oxygen atoms in total. The molecule has 4 aromatic carbocycles. The first-order chi connectivity index (χ1) is 18.5. The van der Waals surface area contributed by atoms with E-state index in [1.54, 1.807) is 0 Å². The lowest BCUT2D eigenvalue weighted by atomic mass is 9.90. The predicted octanol–water partition coefficient (Wildman–Crippen LogP) is 7.12. The Bertz CT molecular complexity index is 1280. The molecule has 0 aromatic heterocycles. The van der Waals surface area contributed by atoms with E-state index < -0.39 is 0 Å². The summed E-state index contributed by atoms with van der Waals surface area (Å²) in [7, 11) is 0. The molecule has 196 valence electrons. The summed E-state index contributed by atoms with van der Waals surface area (Å²) >= 11 is 12.5. The molecule has 0 unspecified atom stereocenters. The zero-order chi connectivity index (χ0) is 26.7. The fourth-order valence-electron chi connectivity index (χ4n) is 4.59. The van der Waals surface area contributed by atoms with Crippen LogP contribution in [-0.2, 0) is 17.8 Å². The summed E-state index contributed by atoms with van der Waals surface area (Å²) in [4.78, 5) is 13.7. The molecule has 0 spiro atoms. The molecule has 0 radical (unpaired) electrons. The lowest BCUT2D eigenvalue weighted by Gasteiger charge is -2.28. The van der Waals surface area contributed by atoms with E-state index in [2.05, 4.69) is 65.6 Å². The van der Waals surface area contributed by atoms with E-state index in [-0.39, 0.29) is 18.2 Å². The van der Waals surface area contributed by atoms with Crippen LogP contribution in [0.2, 0.25) is 10.0 Å². The summed E-state index contributed by atoms with van der Waals surface area (Å²) in [5, 5.41) is 1.12. The highest BCUT2D eigenvalue weighted by Crippen LogP contribution is 2.28. The number of benzene rings is 4. The van der Waals surface area contributed by atoms with Gasteiger partial charge in [-0.05, 0) is 52.9 Å². The maximum atomic E-state index is 11.3. The minimum absolute atomic E-state index is 0.203. The molecule has 6 heteroatoms. The summed E-state index contributed by atoms with van der Waals surface area (Å²) < 4.78 is 6.02. The SMILES string of the molecule is NC(=O)Cc1cccc(OCCCN(Cc2ccc(Cl)c(Cl)c2)CC(c2ccccc2)c2ccccc2)c1. The van der Waals surface area contributed by atoms with Crippen LogP contribution in [0.5, 0.6) is 5.75 Å². The molecule has 4 aromatic rings. The van der Waals surface area contributed by atoms with Crippen LogP contribution in [0.3, 0.4) is 0 Å². The molecule has 0 heterocycles. The first-order valence-electron chi connectivity index (χ1n) is 12.7. The fraction of sp³-hybridized carbons (Fsp3) is 0.219. The van der Waals surface area contributed by atoms with Gasteiger partial charge in [-0.2, -0.15) is 0 Å². The zero-order valence-electron chi connectivity index (χ0n) is 21.2. The van der Waals surface area contributed by atoms with Crippen molar-refractivity contribution in [1.82, 2.24) is 4.90 Å². The number of rotatable bonds is 13. The van der Waals surface area contributed by atoms with Crippen LogP contribution in [0.1, 0.15) is 34.6 Å². The van der Waals surface area contributed by atoms with Gasteiger partial charge in [0.1, 0.15) is 5.75 Å². The number of halogens is 2. The van der Waals surface area contributed by atoms with E-state index in [0.29, 0.717) is 16.7 Å². The molecule has 0 aliphatic heterocycles. The van der Waals surface area contributed by atoms with Gasteiger partial charge in [0.15, 0.2) is 0 Å². The number of hydrogen-bond donors (Lipinski definition) is 1. The zero-order valence-corrected chi connectivity index (χ0v) is 22.7. The third kappa shape index (κ3) is 8.35. The van der Waals surface area contributed by atoms with Gasteiger partial charge in [-0.25, -0.2) is 0 Å². The molecule has 0 atom stereocenters. The van der Waals surface area contributed by atoms with E-state index >= 15 is 0 Å². The summed E-state index contributed by atoms with van der Waals surface area (Å²) in [5.41, 5.74) is 9.85. The smallest absolute Gasteiger partial charge is 0.221 e. The van der Waals surface area contributed by atoms with Gasteiger partial charge in [0.05, 0.1) is 23.1 Å². The molecule has 0 aliphatic carbocycles. The number of ether oxygens (including phenoxy) is 1. The largest absolute Gasteiger partial charge is 0.494 e. The van der Waals surface area contributed by atoms with E-state index in [1.807, 2.05) is 42.5 Å². The average molecular weight is 548 g/mol. The number of nitrogens with two attached hydrogens (primary N) is 1. The Kier molecular flexibility index (Phi) is 10.2. The van der Waals surface area contributed by atoms with Crippen molar-refractivity contribution in [2.75, 3.05) is 19.7 Å². The summed E-state index contributed by atoms with van der Waals surface area (Å²) in [6, 6.07) is 34.6. The van der Waals surface area contributed by atoms with Crippen molar-refractivity contribution in [1.29, 1.82) is 0 Å². The van der Waals surface area contributed by atoms with Gasteiger partial charge in [-0.1, -0.05) is 102 Å². The van der Waals surface area contributed by atoms with E-state index in [0.717, 1.165) is 42.9 Å². The van der Waals surface area contributed by atoms with Crippen molar-refractivity contribution >= 4 is 29.1 Å². The van der Waals surface area contributed by atoms with Gasteiger partial charge in [0.25, 0.3) is 0 Å². The van der Waals surface area contributed by atoms with E-state index in [9.17, 15) is 4.79 Å². The number of carbonyl (C=O) groups excluding carboxylic acids is 1. The van der Waals surface area contributed by atoms with Gasteiger partial charge in [0, 0.05) is 25.6 Å². The molecular formula is C32H32Cl2N2O2. The van der Waals surface area contributed by atoms with Crippen LogP contribution in [-0.4, -0.2) is 30.5 Å². The molecule has 0 bridgehead atoms. The summed E-state index contributed by atoms with van der Waals surface area (Å²) in [6.45, 7) is 2.96. The molecule has 0 fully saturated rings. The van der Waals surface area contributed by atoms with Crippen molar-refractivity contribution in [3.8, 4) is 5.75 Å². The van der Waals surface area contributed by atoms with Gasteiger partial charge in [-0.3, -0.25) is 9.69 Å². The molecular weight excluding hydrogens is 515 g/mol. The Morgan fingerprint density at radius 3 is 2.11 bits per heavy atom. The average Bonchev–Trinajstić information content (AvgIpc) is 2.92. The quantitative estimate of drug-likeness (QED) is 0.181. The second-order valence-electron chi connectivity index (χ2n) is 9.35. The van der Waals surface area contributed by atoms with Crippen LogP contribution in [0.15, 0.2) is 103 Å². The second-order valence-corrected chi connectivity index (χ2v) is 10.2. The first kappa shape index (κ1) is 27.7. The molecule has 4 rings (SSSR count). The molecule has 1 amide bonds. The highest BCUT2D eigenvalue weighted by atomic mass is 35.5. The van der Waals surface area contributed by atoms with Crippen LogP contribution in [0.4, 0.5) is 0 Å². The number of nitrogens with zero attached hydrogens (tertiary/aromatic N) is 1. The number of carbonyl (C=O) groups is 1. The van der Waals surface area contributed by atoms with Crippen molar-refractivity contribution < 1.29 is 9.53 Å². The number of amides is 1. The van der Waals surface area contributed by atoms with Gasteiger partial charge < -0.3 is 10.5 Å². The number of primary amides is 1. The lowest BCUT2D eigenvalue weighted by molar-refractivity contribution is -0.117. The Morgan fingerprint density at radius 1 is 0.789 bits per heavy atom. The molecule has 38 heavy (non-hydrogen) atoms. The topological polar surface area (TPSA) is 55.6 Å². The van der Waals surface area contributed by atoms with Crippen molar-refractivity contribution in [2.45, 2.75) is 25.3 Å². The first-order valence-corrected chi connectivity index (χ1v) is 13.5. The number of hydrogen-bond acceptors (Lipinski definition) is 3. The molecule has 2 N–H and O–H groups in total. The third-order valence-electron chi connectivity index (χ3n) is 6.40. The predicted molar refractivity (Wildman–Crippen MR) is 156 cm³/mol. The minimum atomic E-state index is -0.355. The van der Waals surface area contributed by atoms with Crippen LogP contribution >= 0.6 is 23.2 Å². The van der Waals surface area contributed by atoms with E-state index in [4.69, 9.17) is 33.7 Å². The fourth-order valence-corrected chi connectivity index (χ4v) is 4.91. The van der Waals surface area contributed by atoms with Crippen molar-refractivity contribution in [3.63, 3.8) is 0 Å². The standard InChI is InChI=1S/C32H32Cl2N2O2/c33-30-16-15-25(20-31(30)34)22-36(17-8-18-38-28-14-7-9-24(19-28)21-32(35)37)23-29(26-10-3-1-4-11-26)27-12-5-2-6-13-27/h1-7,9-16,19-20,29H,8,17-18,21-23H2,(H2,35,37). The molecule has 0 aliphatic rings. The monoisotopic (exact) mass is 546 g/mol. The Morgan fingerprint density at radius 2 is 1.47 bits per heavy atom. The van der Waals surface area contributed by atoms with Crippen LogP contribution < -0.4 is 10.5 Å². The van der Waals surface area contributed by atoms with Gasteiger partial charge in [0.2, 0.25) is 5.91 Å². The Labute approximate surface area is 235 Å². The maximum absolute atomic E-state index is 11.3. The highest BCUT2D eigenvalue weighted by Gasteiger charge is 2.19. The van der Waals surface area contributed by atoms with Gasteiger partial charge >= 0.3 is 0 Å². The summed E-state index contributed by atoms with van der Waals surface area (Å²) in [5.74, 6) is 0.601. The molecule has 0 saturated carbocycles. The van der Waals surface area contributed by atoms with E-state index in [1.165, 1.54) is 11.1 Å². The van der Waals surface area contributed by atoms with Crippen molar-refractivity contribution in [2.24, 2.45) is 5.73 Å². The van der Waals surface area contributed by atoms with Crippen LogP contribution in [0, 0.1) is 0 Å². The second kappa shape index (κ2) is 14.0. The Balaban J connectivity index is 1.48. The summed E-state index contributed by atoms with van der Waals surface area (Å²) in [6.07, 6.45) is 1.03. The third-order valence-corrected chi connectivity index (χ3v) is 7.14. The molecule has 0 saturated heterocycles. The normalized spacial score (nSPS) is 11.2. The lowest BCUT2D eigenvalue weighted by Crippen LogP contribution is -2.30. The van der Waals surface area contributed by atoms with Gasteiger partial charge in [-0.15, -0.1) is 0 Å².